The van der Waals surface area contributed by atoms with Gasteiger partial charge in [-0.05, 0) is 12.1 Å². The van der Waals surface area contributed by atoms with Crippen molar-refractivity contribution in [1.82, 2.24) is 4.98 Å². The molecule has 0 amide bonds. The summed E-state index contributed by atoms with van der Waals surface area (Å²) in [6.07, 6.45) is -3.31. The number of rotatable bonds is 5. The van der Waals surface area contributed by atoms with Crippen molar-refractivity contribution in [3.63, 3.8) is 0 Å². The summed E-state index contributed by atoms with van der Waals surface area (Å²) in [7, 11) is 0. The molecule has 0 saturated carbocycles. The molecule has 1 aliphatic rings. The fourth-order valence-electron chi connectivity index (χ4n) is 2.43. The van der Waals surface area contributed by atoms with Crippen LogP contribution in [0.1, 0.15) is 18.3 Å². The number of amidine groups is 1. The van der Waals surface area contributed by atoms with Gasteiger partial charge in [0.1, 0.15) is 43.2 Å². The molecule has 1 aromatic heterocycles. The number of nitrogens with zero attached hydrogens (tertiary/aromatic N) is 2. The first-order valence-corrected chi connectivity index (χ1v) is 6.96. The third-order valence-electron chi connectivity index (χ3n) is 3.64. The molecule has 10 nitrogen and oxygen atoms in total. The number of H-pyrrole nitrogens is 1. The minimum absolute atomic E-state index is 0.00818. The first-order chi connectivity index (χ1) is 11.4. The first-order valence-electron chi connectivity index (χ1n) is 6.96. The monoisotopic (exact) mass is 335 g/mol. The second kappa shape index (κ2) is 6.79. The predicted molar refractivity (Wildman–Crippen MR) is 81.1 cm³/mol. The van der Waals surface area contributed by atoms with Crippen molar-refractivity contribution in [3.05, 3.63) is 23.5 Å². The second-order valence-corrected chi connectivity index (χ2v) is 5.17. The van der Waals surface area contributed by atoms with E-state index < -0.39 is 29.9 Å². The summed E-state index contributed by atoms with van der Waals surface area (Å²) in [6, 6.07) is 4.80. The molecule has 128 valence electrons. The average molecular weight is 335 g/mol. The average Bonchev–Trinajstić information content (AvgIpc) is 3.12. The number of carbonyl (C=O) groups is 1. The maximum Gasteiger partial charge on any atom is 0.302 e. The van der Waals surface area contributed by atoms with E-state index in [-0.39, 0.29) is 18.1 Å². The predicted octanol–water partition coefficient (Wildman–Crippen LogP) is -1.27. The van der Waals surface area contributed by atoms with Crippen molar-refractivity contribution >= 4 is 18.1 Å². The maximum absolute atomic E-state index is 10.9. The maximum atomic E-state index is 10.9. The summed E-state index contributed by atoms with van der Waals surface area (Å²) in [5.41, 5.74) is 4.23. The van der Waals surface area contributed by atoms with E-state index in [4.69, 9.17) is 20.6 Å². The van der Waals surface area contributed by atoms with Crippen LogP contribution in [0, 0.1) is 16.7 Å². The summed E-state index contributed by atoms with van der Waals surface area (Å²) < 4.78 is 10.3. The van der Waals surface area contributed by atoms with Gasteiger partial charge in [-0.15, -0.1) is 0 Å². The number of nitriles is 1. The summed E-state index contributed by atoms with van der Waals surface area (Å²) >= 11 is 0. The van der Waals surface area contributed by atoms with Crippen LogP contribution in [-0.4, -0.2) is 58.3 Å². The Morgan fingerprint density at radius 2 is 2.38 bits per heavy atom. The van der Waals surface area contributed by atoms with Gasteiger partial charge in [0.05, 0.1) is 11.4 Å². The van der Waals surface area contributed by atoms with Crippen LogP contribution in [0.4, 0.5) is 0 Å². The van der Waals surface area contributed by atoms with E-state index in [0.717, 1.165) is 6.34 Å². The van der Waals surface area contributed by atoms with E-state index in [2.05, 4.69) is 9.98 Å². The van der Waals surface area contributed by atoms with Gasteiger partial charge in [-0.2, -0.15) is 5.26 Å². The van der Waals surface area contributed by atoms with Crippen molar-refractivity contribution in [1.29, 1.82) is 10.7 Å². The number of esters is 1. The molecular weight excluding hydrogens is 318 g/mol. The summed E-state index contributed by atoms with van der Waals surface area (Å²) in [4.78, 5) is 17.3. The van der Waals surface area contributed by atoms with Crippen molar-refractivity contribution in [2.45, 2.75) is 30.8 Å². The number of ether oxygens (including phenoxy) is 2. The van der Waals surface area contributed by atoms with Crippen LogP contribution >= 0.6 is 0 Å². The number of aliphatic imine (C=N–C) groups is 1. The van der Waals surface area contributed by atoms with Gasteiger partial charge in [0.2, 0.25) is 5.60 Å². The molecule has 1 saturated heterocycles. The molecule has 1 aromatic rings. The molecule has 0 spiro atoms. The molecule has 1 fully saturated rings. The molecule has 2 rings (SSSR count). The van der Waals surface area contributed by atoms with Gasteiger partial charge in [-0.3, -0.25) is 10.2 Å². The lowest BCUT2D eigenvalue weighted by atomic mass is 9.93. The lowest BCUT2D eigenvalue weighted by Gasteiger charge is -2.23. The van der Waals surface area contributed by atoms with Crippen LogP contribution in [0.15, 0.2) is 17.1 Å². The number of hydrogen-bond donors (Lipinski definition) is 5. The van der Waals surface area contributed by atoms with Gasteiger partial charge >= 0.3 is 5.97 Å². The Hall–Kier alpha value is -2.74. The highest BCUT2D eigenvalue weighted by Gasteiger charge is 2.57. The molecule has 0 unspecified atom stereocenters. The fraction of sp³-hybridized carbons (Fsp3) is 0.429. The molecule has 4 atom stereocenters. The number of carbonyl (C=O) groups excluding carboxylic acids is 1. The van der Waals surface area contributed by atoms with Gasteiger partial charge in [0.25, 0.3) is 0 Å². The minimum atomic E-state index is -1.88. The first kappa shape index (κ1) is 17.6. The highest BCUT2D eigenvalue weighted by atomic mass is 16.6. The van der Waals surface area contributed by atoms with Gasteiger partial charge in [-0.1, -0.05) is 0 Å². The molecule has 0 aromatic carbocycles. The third kappa shape index (κ3) is 3.00. The molecule has 2 heterocycles. The zero-order valence-electron chi connectivity index (χ0n) is 12.8. The molecule has 10 heteroatoms. The third-order valence-corrected chi connectivity index (χ3v) is 3.64. The van der Waals surface area contributed by atoms with Crippen LogP contribution < -0.4 is 5.73 Å². The summed E-state index contributed by atoms with van der Waals surface area (Å²) in [5, 5.41) is 36.8. The Morgan fingerprint density at radius 1 is 1.67 bits per heavy atom. The number of aromatic nitrogens is 1. The molecule has 24 heavy (non-hydrogen) atoms. The lowest BCUT2D eigenvalue weighted by Crippen LogP contribution is -2.40. The molecule has 0 bridgehead atoms. The van der Waals surface area contributed by atoms with Crippen molar-refractivity contribution < 1.29 is 24.5 Å². The normalized spacial score (nSPS) is 29.9. The molecular formula is C14H17N5O5. The minimum Gasteiger partial charge on any atom is -0.463 e. The standard InChI is InChI=1S/C14H17N5O5/c1-7(20)23-4-9-11(21)12(22)14(5-15,24-9)10-3-2-8(19-10)13(17)18-6-16/h2-3,6,9,11-12,19,21-22H,4H2,1H3,(H3,16,17,18)/t9-,11-,12-,14+/m1/s1. The molecule has 0 aliphatic carbocycles. The number of aromatic amines is 1. The van der Waals surface area contributed by atoms with E-state index >= 15 is 0 Å². The van der Waals surface area contributed by atoms with Crippen LogP contribution in [0.3, 0.4) is 0 Å². The van der Waals surface area contributed by atoms with Crippen LogP contribution in [0.5, 0.6) is 0 Å². The van der Waals surface area contributed by atoms with Crippen molar-refractivity contribution in [2.75, 3.05) is 6.61 Å². The largest absolute Gasteiger partial charge is 0.463 e. The quantitative estimate of drug-likeness (QED) is 0.253. The van der Waals surface area contributed by atoms with E-state index in [1.807, 2.05) is 6.07 Å². The molecule has 6 N–H and O–H groups in total. The number of nitrogens with two attached hydrogens (primary N) is 1. The van der Waals surface area contributed by atoms with E-state index in [0.29, 0.717) is 5.69 Å². The van der Waals surface area contributed by atoms with E-state index in [9.17, 15) is 20.3 Å². The van der Waals surface area contributed by atoms with Crippen molar-refractivity contribution in [3.8, 4) is 6.07 Å². The van der Waals surface area contributed by atoms with Crippen LogP contribution in [-0.2, 0) is 19.9 Å². The summed E-state index contributed by atoms with van der Waals surface area (Å²) in [6.45, 7) is 0.889. The van der Waals surface area contributed by atoms with Crippen molar-refractivity contribution in [2.24, 2.45) is 10.7 Å². The van der Waals surface area contributed by atoms with E-state index in [1.54, 1.807) is 0 Å². The highest BCUT2D eigenvalue weighted by Crippen LogP contribution is 2.39. The molecule has 0 radical (unpaired) electrons. The number of aliphatic hydroxyl groups is 2. The van der Waals surface area contributed by atoms with Gasteiger partial charge in [0.15, 0.2) is 0 Å². The SMILES string of the molecule is CC(=O)OC[C@H]1O[C@@](C#N)(c2ccc(/C(N)=N\C=N)[nH]2)[C@H](O)[C@@H]1O. The van der Waals surface area contributed by atoms with Crippen LogP contribution in [0.25, 0.3) is 0 Å². The Balaban J connectivity index is 2.32. The highest BCUT2D eigenvalue weighted by molar-refractivity contribution is 5.99. The smallest absolute Gasteiger partial charge is 0.302 e. The van der Waals surface area contributed by atoms with E-state index in [1.165, 1.54) is 19.1 Å². The van der Waals surface area contributed by atoms with Gasteiger partial charge in [-0.25, -0.2) is 4.99 Å². The molecule has 1 aliphatic heterocycles. The zero-order valence-corrected chi connectivity index (χ0v) is 12.8. The topological polar surface area (TPSA) is 178 Å². The lowest BCUT2D eigenvalue weighted by molar-refractivity contribution is -0.147. The second-order valence-electron chi connectivity index (χ2n) is 5.17. The fourth-order valence-corrected chi connectivity index (χ4v) is 2.43. The summed E-state index contributed by atoms with van der Waals surface area (Å²) in [5.74, 6) is -0.568. The Bertz CT molecular complexity index is 709. The van der Waals surface area contributed by atoms with Gasteiger partial charge in [0, 0.05) is 6.92 Å². The number of hydrogen-bond acceptors (Lipinski definition) is 7. The van der Waals surface area contributed by atoms with Crippen LogP contribution in [0.2, 0.25) is 0 Å². The number of nitrogens with one attached hydrogen (secondary N) is 2. The number of aliphatic hydroxyl groups excluding tert-OH is 2. The Labute approximate surface area is 137 Å². The zero-order chi connectivity index (χ0) is 17.9. The Morgan fingerprint density at radius 3 is 2.96 bits per heavy atom. The Kier molecular flexibility index (Phi) is 4.99. The van der Waals surface area contributed by atoms with Gasteiger partial charge < -0.3 is 30.4 Å².